The zero-order valence-corrected chi connectivity index (χ0v) is 11.2. The Morgan fingerprint density at radius 1 is 1.26 bits per heavy atom. The lowest BCUT2D eigenvalue weighted by Crippen LogP contribution is -2.22. The molecule has 1 aromatic heterocycles. The summed E-state index contributed by atoms with van der Waals surface area (Å²) in [6, 6.07) is 11.1. The molecule has 0 radical (unpaired) electrons. The lowest BCUT2D eigenvalue weighted by Gasteiger charge is -2.03. The van der Waals surface area contributed by atoms with Gasteiger partial charge in [-0.2, -0.15) is 0 Å². The zero-order chi connectivity index (χ0) is 13.5. The van der Waals surface area contributed by atoms with E-state index in [1.165, 1.54) is 0 Å². The molecule has 2 rings (SSSR count). The first kappa shape index (κ1) is 13.3. The lowest BCUT2D eigenvalue weighted by atomic mass is 10.1. The molecule has 0 aliphatic heterocycles. The molecule has 1 amide bonds. The molecule has 2 aromatic rings. The summed E-state index contributed by atoms with van der Waals surface area (Å²) in [6.07, 6.45) is 0. The number of carbonyl (C=O) groups is 1. The predicted octanol–water partition coefficient (Wildman–Crippen LogP) is 1.99. The van der Waals surface area contributed by atoms with Crippen LogP contribution in [0.2, 0.25) is 0 Å². The van der Waals surface area contributed by atoms with Crippen molar-refractivity contribution < 1.29 is 4.79 Å². The van der Waals surface area contributed by atoms with E-state index in [4.69, 9.17) is 5.73 Å². The van der Waals surface area contributed by atoms with Crippen LogP contribution in [-0.2, 0) is 6.54 Å². The molecule has 4 heteroatoms. The Kier molecular flexibility index (Phi) is 4.73. The number of rotatable bonds is 3. The third kappa shape index (κ3) is 3.95. The van der Waals surface area contributed by atoms with Crippen molar-refractivity contribution in [3.63, 3.8) is 0 Å². The molecule has 0 aliphatic carbocycles. The molecule has 0 spiro atoms. The molecular weight excluding hydrogens is 256 g/mol. The lowest BCUT2D eigenvalue weighted by molar-refractivity contribution is 0.0951. The van der Waals surface area contributed by atoms with Gasteiger partial charge in [-0.1, -0.05) is 17.9 Å². The summed E-state index contributed by atoms with van der Waals surface area (Å²) in [5.74, 6) is 5.62. The van der Waals surface area contributed by atoms with E-state index in [0.29, 0.717) is 18.7 Å². The van der Waals surface area contributed by atoms with Crippen molar-refractivity contribution in [1.29, 1.82) is 0 Å². The highest BCUT2D eigenvalue weighted by Gasteiger charge is 2.04. The van der Waals surface area contributed by atoms with Gasteiger partial charge < -0.3 is 11.1 Å². The van der Waals surface area contributed by atoms with Gasteiger partial charge in [0.25, 0.3) is 5.91 Å². The van der Waals surface area contributed by atoms with Crippen molar-refractivity contribution in [3.8, 4) is 11.8 Å². The molecule has 0 unspecified atom stereocenters. The van der Waals surface area contributed by atoms with Crippen LogP contribution in [0, 0.1) is 11.8 Å². The monoisotopic (exact) mass is 270 g/mol. The molecule has 3 nitrogen and oxygen atoms in total. The van der Waals surface area contributed by atoms with Gasteiger partial charge >= 0.3 is 0 Å². The third-order valence-electron chi connectivity index (χ3n) is 2.49. The summed E-state index contributed by atoms with van der Waals surface area (Å²) in [5, 5.41) is 4.87. The Labute approximate surface area is 116 Å². The molecule has 0 aliphatic rings. The van der Waals surface area contributed by atoms with E-state index < -0.39 is 0 Å². The minimum Gasteiger partial charge on any atom is -0.347 e. The van der Waals surface area contributed by atoms with E-state index >= 15 is 0 Å². The van der Waals surface area contributed by atoms with E-state index in [2.05, 4.69) is 17.2 Å². The van der Waals surface area contributed by atoms with Gasteiger partial charge in [-0.3, -0.25) is 4.79 Å². The quantitative estimate of drug-likeness (QED) is 0.838. The van der Waals surface area contributed by atoms with Gasteiger partial charge in [-0.25, -0.2) is 0 Å². The Morgan fingerprint density at radius 3 is 2.68 bits per heavy atom. The van der Waals surface area contributed by atoms with Crippen LogP contribution in [0.5, 0.6) is 0 Å². The molecule has 96 valence electrons. The van der Waals surface area contributed by atoms with Gasteiger partial charge in [0.1, 0.15) is 0 Å². The van der Waals surface area contributed by atoms with E-state index in [-0.39, 0.29) is 5.91 Å². The van der Waals surface area contributed by atoms with E-state index in [9.17, 15) is 4.79 Å². The fraction of sp³-hybridized carbons (Fsp3) is 0.133. The summed E-state index contributed by atoms with van der Waals surface area (Å²) in [5.41, 5.74) is 6.80. The first-order valence-electron chi connectivity index (χ1n) is 5.89. The molecule has 1 heterocycles. The van der Waals surface area contributed by atoms with Crippen LogP contribution < -0.4 is 11.1 Å². The number of benzene rings is 1. The number of hydrogen-bond acceptors (Lipinski definition) is 3. The SMILES string of the molecule is NCC#Cc1ccc(C(=O)NCc2cccs2)cc1. The summed E-state index contributed by atoms with van der Waals surface area (Å²) >= 11 is 1.63. The Bertz CT molecular complexity index is 591. The van der Waals surface area contributed by atoms with Crippen molar-refractivity contribution >= 4 is 17.2 Å². The second kappa shape index (κ2) is 6.74. The summed E-state index contributed by atoms with van der Waals surface area (Å²) < 4.78 is 0. The van der Waals surface area contributed by atoms with Crippen molar-refractivity contribution in [1.82, 2.24) is 5.32 Å². The number of amides is 1. The molecule has 0 bridgehead atoms. The topological polar surface area (TPSA) is 55.1 Å². The van der Waals surface area contributed by atoms with Crippen LogP contribution in [0.1, 0.15) is 20.8 Å². The standard InChI is InChI=1S/C15H14N2OS/c16-9-1-3-12-5-7-13(8-6-12)15(18)17-11-14-4-2-10-19-14/h2,4-8,10H,9,11,16H2,(H,17,18). The second-order valence-electron chi connectivity index (χ2n) is 3.85. The van der Waals surface area contributed by atoms with Gasteiger partial charge in [-0.15, -0.1) is 11.3 Å². The normalized spacial score (nSPS) is 9.53. The van der Waals surface area contributed by atoms with Crippen molar-refractivity contribution in [2.24, 2.45) is 5.73 Å². The maximum absolute atomic E-state index is 11.9. The van der Waals surface area contributed by atoms with Crippen molar-refractivity contribution in [2.45, 2.75) is 6.54 Å². The predicted molar refractivity (Wildman–Crippen MR) is 77.9 cm³/mol. The highest BCUT2D eigenvalue weighted by molar-refractivity contribution is 7.09. The maximum atomic E-state index is 11.9. The van der Waals surface area contributed by atoms with E-state index in [1.54, 1.807) is 23.5 Å². The second-order valence-corrected chi connectivity index (χ2v) is 4.88. The van der Waals surface area contributed by atoms with Crippen LogP contribution in [0.15, 0.2) is 41.8 Å². The van der Waals surface area contributed by atoms with Gasteiger partial charge in [0.15, 0.2) is 0 Å². The number of carbonyl (C=O) groups excluding carboxylic acids is 1. The number of nitrogens with one attached hydrogen (secondary N) is 1. The first-order valence-corrected chi connectivity index (χ1v) is 6.77. The Morgan fingerprint density at radius 2 is 2.05 bits per heavy atom. The molecule has 0 atom stereocenters. The smallest absolute Gasteiger partial charge is 0.251 e. The summed E-state index contributed by atoms with van der Waals surface area (Å²) in [6.45, 7) is 0.897. The Balaban J connectivity index is 1.95. The van der Waals surface area contributed by atoms with Gasteiger partial charge in [0.05, 0.1) is 13.1 Å². The largest absolute Gasteiger partial charge is 0.347 e. The maximum Gasteiger partial charge on any atom is 0.251 e. The molecule has 0 saturated heterocycles. The molecule has 0 fully saturated rings. The van der Waals surface area contributed by atoms with E-state index in [0.717, 1.165) is 10.4 Å². The van der Waals surface area contributed by atoms with Gasteiger partial charge in [-0.05, 0) is 35.7 Å². The summed E-state index contributed by atoms with van der Waals surface area (Å²) in [4.78, 5) is 13.0. The van der Waals surface area contributed by atoms with Crippen LogP contribution in [0.4, 0.5) is 0 Å². The van der Waals surface area contributed by atoms with Crippen LogP contribution in [-0.4, -0.2) is 12.5 Å². The number of thiophene rings is 1. The minimum absolute atomic E-state index is 0.0771. The first-order chi connectivity index (χ1) is 9.29. The molecular formula is C15H14N2OS. The van der Waals surface area contributed by atoms with Crippen molar-refractivity contribution in [2.75, 3.05) is 6.54 Å². The molecule has 0 saturated carbocycles. The van der Waals surface area contributed by atoms with E-state index in [1.807, 2.05) is 29.6 Å². The zero-order valence-electron chi connectivity index (χ0n) is 10.3. The van der Waals surface area contributed by atoms with Gasteiger partial charge in [0.2, 0.25) is 0 Å². The number of nitrogens with two attached hydrogens (primary N) is 1. The van der Waals surface area contributed by atoms with Crippen LogP contribution in [0.25, 0.3) is 0 Å². The fourth-order valence-electron chi connectivity index (χ4n) is 1.54. The summed E-state index contributed by atoms with van der Waals surface area (Å²) in [7, 11) is 0. The minimum atomic E-state index is -0.0771. The van der Waals surface area contributed by atoms with Crippen molar-refractivity contribution in [3.05, 3.63) is 57.8 Å². The highest BCUT2D eigenvalue weighted by atomic mass is 32.1. The molecule has 3 N–H and O–H groups in total. The van der Waals surface area contributed by atoms with Crippen LogP contribution >= 0.6 is 11.3 Å². The van der Waals surface area contributed by atoms with Crippen LogP contribution in [0.3, 0.4) is 0 Å². The molecule has 1 aromatic carbocycles. The fourth-order valence-corrected chi connectivity index (χ4v) is 2.19. The third-order valence-corrected chi connectivity index (χ3v) is 3.36. The average Bonchev–Trinajstić information content (AvgIpc) is 2.96. The highest BCUT2D eigenvalue weighted by Crippen LogP contribution is 2.08. The Hall–Kier alpha value is -2.09. The molecule has 19 heavy (non-hydrogen) atoms. The van der Waals surface area contributed by atoms with Gasteiger partial charge in [0, 0.05) is 16.0 Å². The average molecular weight is 270 g/mol. The number of hydrogen-bond donors (Lipinski definition) is 2.